The minimum absolute atomic E-state index is 0.296. The lowest BCUT2D eigenvalue weighted by Crippen LogP contribution is -2.33. The van der Waals surface area contributed by atoms with Gasteiger partial charge < -0.3 is 9.47 Å². The molecule has 0 N–H and O–H groups in total. The van der Waals surface area contributed by atoms with E-state index < -0.39 is 0 Å². The molecule has 0 saturated heterocycles. The van der Waals surface area contributed by atoms with Crippen molar-refractivity contribution in [3.05, 3.63) is 59.9 Å². The number of rotatable bonds is 9. The van der Waals surface area contributed by atoms with Crippen LogP contribution in [0.25, 0.3) is 0 Å². The van der Waals surface area contributed by atoms with Gasteiger partial charge in [0.1, 0.15) is 0 Å². The summed E-state index contributed by atoms with van der Waals surface area (Å²) in [5.74, 6) is 0.655. The van der Waals surface area contributed by atoms with Gasteiger partial charge in [-0.05, 0) is 37.0 Å². The van der Waals surface area contributed by atoms with E-state index in [4.69, 9.17) is 0 Å². The number of nitrogens with zero attached hydrogens (tertiary/aromatic N) is 2. The van der Waals surface area contributed by atoms with Crippen molar-refractivity contribution in [2.75, 3.05) is 6.54 Å². The van der Waals surface area contributed by atoms with Gasteiger partial charge in [0.05, 0.1) is 6.54 Å². The Labute approximate surface area is 145 Å². The van der Waals surface area contributed by atoms with Gasteiger partial charge in [-0.3, -0.25) is 4.79 Å². The van der Waals surface area contributed by atoms with Crippen molar-refractivity contribution in [3.8, 4) is 0 Å². The highest BCUT2D eigenvalue weighted by atomic mass is 16.2. The first-order chi connectivity index (χ1) is 11.8. The molecule has 1 aromatic heterocycles. The van der Waals surface area contributed by atoms with Gasteiger partial charge in [-0.1, -0.05) is 50.1 Å². The third-order valence-corrected chi connectivity index (χ3v) is 4.74. The number of carbonyl (C=O) groups is 1. The molecule has 0 spiro atoms. The van der Waals surface area contributed by atoms with Crippen molar-refractivity contribution in [3.63, 3.8) is 0 Å². The molecule has 0 radical (unpaired) electrons. The van der Waals surface area contributed by atoms with E-state index in [0.717, 1.165) is 38.9 Å². The average molecular weight is 324 g/mol. The van der Waals surface area contributed by atoms with E-state index in [1.807, 2.05) is 6.07 Å². The standard InChI is InChI=1S/C21H28N2O/c1-2-3-7-14-23(21(24)19-12-13-19)17-20-11-8-15-22(20)16-18-9-5-4-6-10-18/h4-6,8-11,15,19H,2-3,7,12-14,16-17H2,1H3. The van der Waals surface area contributed by atoms with E-state index in [2.05, 4.69) is 59.0 Å². The van der Waals surface area contributed by atoms with E-state index >= 15 is 0 Å². The van der Waals surface area contributed by atoms with Crippen molar-refractivity contribution in [2.45, 2.75) is 52.1 Å². The number of hydrogen-bond acceptors (Lipinski definition) is 1. The van der Waals surface area contributed by atoms with Gasteiger partial charge in [0, 0.05) is 30.9 Å². The Morgan fingerprint density at radius 3 is 2.62 bits per heavy atom. The van der Waals surface area contributed by atoms with Crippen LogP contribution in [-0.4, -0.2) is 21.9 Å². The summed E-state index contributed by atoms with van der Waals surface area (Å²) in [6.07, 6.45) is 7.76. The van der Waals surface area contributed by atoms with Crippen molar-refractivity contribution in [1.82, 2.24) is 9.47 Å². The molecule has 0 bridgehead atoms. The largest absolute Gasteiger partial charge is 0.345 e. The molecule has 1 aliphatic carbocycles. The zero-order chi connectivity index (χ0) is 16.8. The van der Waals surface area contributed by atoms with Gasteiger partial charge >= 0.3 is 0 Å². The molecule has 3 rings (SSSR count). The summed E-state index contributed by atoms with van der Waals surface area (Å²) in [6.45, 7) is 4.69. The van der Waals surface area contributed by atoms with Crippen LogP contribution in [0, 0.1) is 5.92 Å². The second kappa shape index (κ2) is 8.18. The summed E-state index contributed by atoms with van der Waals surface area (Å²) in [4.78, 5) is 14.7. The molecular weight excluding hydrogens is 296 g/mol. The molecule has 3 heteroatoms. The van der Waals surface area contributed by atoms with Crippen LogP contribution in [0.5, 0.6) is 0 Å². The Bertz CT molecular complexity index is 643. The summed E-state index contributed by atoms with van der Waals surface area (Å²) in [5, 5.41) is 0. The molecule has 128 valence electrons. The summed E-state index contributed by atoms with van der Waals surface area (Å²) in [5.41, 5.74) is 2.52. The van der Waals surface area contributed by atoms with Crippen molar-refractivity contribution < 1.29 is 4.79 Å². The van der Waals surface area contributed by atoms with Gasteiger partial charge in [-0.2, -0.15) is 0 Å². The maximum absolute atomic E-state index is 12.6. The number of benzene rings is 1. The van der Waals surface area contributed by atoms with Crippen LogP contribution in [0.2, 0.25) is 0 Å². The van der Waals surface area contributed by atoms with E-state index in [0.29, 0.717) is 11.8 Å². The van der Waals surface area contributed by atoms with Gasteiger partial charge in [0.15, 0.2) is 0 Å². The quantitative estimate of drug-likeness (QED) is 0.625. The highest BCUT2D eigenvalue weighted by molar-refractivity contribution is 5.81. The molecule has 3 nitrogen and oxygen atoms in total. The van der Waals surface area contributed by atoms with Crippen LogP contribution in [0.3, 0.4) is 0 Å². The molecule has 24 heavy (non-hydrogen) atoms. The first kappa shape index (κ1) is 16.8. The van der Waals surface area contributed by atoms with Crippen LogP contribution in [0.15, 0.2) is 48.7 Å². The predicted molar refractivity (Wildman–Crippen MR) is 97.6 cm³/mol. The molecule has 2 aromatic rings. The normalized spacial score (nSPS) is 13.9. The number of unbranched alkanes of at least 4 members (excludes halogenated alkanes) is 2. The molecule has 1 aromatic carbocycles. The highest BCUT2D eigenvalue weighted by Crippen LogP contribution is 2.31. The Hall–Kier alpha value is -2.03. The average Bonchev–Trinajstić information content (AvgIpc) is 3.37. The van der Waals surface area contributed by atoms with E-state index in [1.54, 1.807) is 0 Å². The van der Waals surface area contributed by atoms with E-state index in [1.165, 1.54) is 24.1 Å². The predicted octanol–water partition coefficient (Wildman–Crippen LogP) is 4.47. The first-order valence-corrected chi connectivity index (χ1v) is 9.24. The molecule has 0 atom stereocenters. The van der Waals surface area contributed by atoms with Crippen LogP contribution >= 0.6 is 0 Å². The number of hydrogen-bond donors (Lipinski definition) is 0. The number of aromatic nitrogens is 1. The summed E-state index contributed by atoms with van der Waals surface area (Å²) in [6, 6.07) is 14.7. The minimum Gasteiger partial charge on any atom is -0.345 e. The Morgan fingerprint density at radius 1 is 1.12 bits per heavy atom. The fourth-order valence-electron chi connectivity index (χ4n) is 3.13. The van der Waals surface area contributed by atoms with Crippen LogP contribution in [0.1, 0.15) is 50.3 Å². The summed E-state index contributed by atoms with van der Waals surface area (Å²) < 4.78 is 2.27. The highest BCUT2D eigenvalue weighted by Gasteiger charge is 2.33. The van der Waals surface area contributed by atoms with E-state index in [-0.39, 0.29) is 0 Å². The monoisotopic (exact) mass is 324 g/mol. The van der Waals surface area contributed by atoms with Gasteiger partial charge in [0.2, 0.25) is 5.91 Å². The number of carbonyl (C=O) groups excluding carboxylic acids is 1. The van der Waals surface area contributed by atoms with Crippen molar-refractivity contribution >= 4 is 5.91 Å². The number of amides is 1. The SMILES string of the molecule is CCCCCN(Cc1cccn1Cc1ccccc1)C(=O)C1CC1. The molecule has 1 saturated carbocycles. The Balaban J connectivity index is 1.67. The fraction of sp³-hybridized carbons (Fsp3) is 0.476. The first-order valence-electron chi connectivity index (χ1n) is 9.24. The van der Waals surface area contributed by atoms with Crippen LogP contribution < -0.4 is 0 Å². The maximum Gasteiger partial charge on any atom is 0.226 e. The zero-order valence-corrected chi connectivity index (χ0v) is 14.7. The zero-order valence-electron chi connectivity index (χ0n) is 14.7. The van der Waals surface area contributed by atoms with E-state index in [9.17, 15) is 4.79 Å². The van der Waals surface area contributed by atoms with Gasteiger partial charge in [-0.15, -0.1) is 0 Å². The van der Waals surface area contributed by atoms with Crippen LogP contribution in [0.4, 0.5) is 0 Å². The fourth-order valence-corrected chi connectivity index (χ4v) is 3.13. The molecule has 1 heterocycles. The Morgan fingerprint density at radius 2 is 1.92 bits per heavy atom. The molecule has 1 aliphatic rings. The molecule has 0 aliphatic heterocycles. The minimum atomic E-state index is 0.296. The van der Waals surface area contributed by atoms with Gasteiger partial charge in [0.25, 0.3) is 0 Å². The topological polar surface area (TPSA) is 25.2 Å². The summed E-state index contributed by atoms with van der Waals surface area (Å²) in [7, 11) is 0. The van der Waals surface area contributed by atoms with Crippen LogP contribution in [-0.2, 0) is 17.9 Å². The molecular formula is C21H28N2O. The molecule has 1 fully saturated rings. The smallest absolute Gasteiger partial charge is 0.226 e. The van der Waals surface area contributed by atoms with Gasteiger partial charge in [-0.25, -0.2) is 0 Å². The molecule has 0 unspecified atom stereocenters. The van der Waals surface area contributed by atoms with Crippen molar-refractivity contribution in [2.24, 2.45) is 5.92 Å². The summed E-state index contributed by atoms with van der Waals surface area (Å²) >= 11 is 0. The lowest BCUT2D eigenvalue weighted by Gasteiger charge is -2.24. The lowest BCUT2D eigenvalue weighted by molar-refractivity contribution is -0.133. The Kier molecular flexibility index (Phi) is 5.73. The third kappa shape index (κ3) is 4.50. The van der Waals surface area contributed by atoms with Crippen molar-refractivity contribution in [1.29, 1.82) is 0 Å². The maximum atomic E-state index is 12.6. The lowest BCUT2D eigenvalue weighted by atomic mass is 10.2. The second-order valence-corrected chi connectivity index (χ2v) is 6.85. The third-order valence-electron chi connectivity index (χ3n) is 4.74. The second-order valence-electron chi connectivity index (χ2n) is 6.85. The molecule has 1 amide bonds.